The van der Waals surface area contributed by atoms with Gasteiger partial charge in [0.15, 0.2) is 0 Å². The quantitative estimate of drug-likeness (QED) is 0.519. The summed E-state index contributed by atoms with van der Waals surface area (Å²) in [4.78, 5) is 39.6. The molecule has 5 nitrogen and oxygen atoms in total. The van der Waals surface area contributed by atoms with Gasteiger partial charge in [0.25, 0.3) is 23.5 Å². The first kappa shape index (κ1) is 19.5. The lowest BCUT2D eigenvalue weighted by atomic mass is 10.00. The van der Waals surface area contributed by atoms with Crippen molar-refractivity contribution in [3.05, 3.63) is 107 Å². The fourth-order valence-electron chi connectivity index (χ4n) is 3.61. The number of hydrogen-bond donors (Lipinski definition) is 1. The Balaban J connectivity index is 1.76. The second-order valence-corrected chi connectivity index (χ2v) is 7.09. The van der Waals surface area contributed by atoms with E-state index in [2.05, 4.69) is 5.32 Å². The van der Waals surface area contributed by atoms with Crippen molar-refractivity contribution in [2.45, 2.75) is 18.8 Å². The third-order valence-electron chi connectivity index (χ3n) is 5.21. The van der Waals surface area contributed by atoms with Gasteiger partial charge in [-0.3, -0.25) is 14.4 Å². The lowest BCUT2D eigenvalue weighted by molar-refractivity contribution is -0.143. The number of nitrogens with zero attached hydrogens (tertiary/aromatic N) is 1. The molecule has 1 aliphatic heterocycles. The third-order valence-corrected chi connectivity index (χ3v) is 5.21. The summed E-state index contributed by atoms with van der Waals surface area (Å²) >= 11 is 0. The Hall–Kier alpha value is -3.80. The van der Waals surface area contributed by atoms with E-state index >= 15 is 4.39 Å². The van der Waals surface area contributed by atoms with E-state index in [4.69, 9.17) is 0 Å². The van der Waals surface area contributed by atoms with Gasteiger partial charge in [-0.05, 0) is 24.6 Å². The van der Waals surface area contributed by atoms with Crippen molar-refractivity contribution in [3.8, 4) is 0 Å². The van der Waals surface area contributed by atoms with Crippen molar-refractivity contribution < 1.29 is 18.8 Å². The predicted octanol–water partition coefficient (Wildman–Crippen LogP) is 3.98. The first-order valence-corrected chi connectivity index (χ1v) is 9.53. The average molecular weight is 402 g/mol. The molecule has 0 aliphatic carbocycles. The zero-order chi connectivity index (χ0) is 21.3. The van der Waals surface area contributed by atoms with Crippen LogP contribution in [0.3, 0.4) is 0 Å². The number of halogens is 1. The van der Waals surface area contributed by atoms with Crippen molar-refractivity contribution in [2.75, 3.05) is 0 Å². The van der Waals surface area contributed by atoms with Crippen LogP contribution < -0.4 is 5.32 Å². The molecular formula is C24H19FN2O3. The topological polar surface area (TPSA) is 66.5 Å². The lowest BCUT2D eigenvalue weighted by Gasteiger charge is -2.33. The SMILES string of the molecule is CC(NC(=O)C(F)(c1ccccc1)N1C(=O)c2ccccc2C1=O)c1ccccc1. The average Bonchev–Trinajstić information content (AvgIpc) is 3.05. The molecule has 2 unspecified atom stereocenters. The maximum atomic E-state index is 16.6. The fraction of sp³-hybridized carbons (Fsp3) is 0.125. The van der Waals surface area contributed by atoms with Crippen LogP contribution in [0.2, 0.25) is 0 Å². The van der Waals surface area contributed by atoms with E-state index in [9.17, 15) is 14.4 Å². The first-order valence-electron chi connectivity index (χ1n) is 9.53. The second-order valence-electron chi connectivity index (χ2n) is 7.09. The number of alkyl halides is 1. The zero-order valence-corrected chi connectivity index (χ0v) is 16.2. The molecule has 3 aromatic carbocycles. The van der Waals surface area contributed by atoms with Gasteiger partial charge in [-0.1, -0.05) is 72.8 Å². The van der Waals surface area contributed by atoms with E-state index in [1.807, 2.05) is 18.2 Å². The predicted molar refractivity (Wildman–Crippen MR) is 109 cm³/mol. The van der Waals surface area contributed by atoms with E-state index in [-0.39, 0.29) is 16.7 Å². The summed E-state index contributed by atoms with van der Waals surface area (Å²) in [6.07, 6.45) is 0. The summed E-state index contributed by atoms with van der Waals surface area (Å²) in [5.74, 6) is -5.77. The molecule has 0 fully saturated rings. The van der Waals surface area contributed by atoms with E-state index in [0.29, 0.717) is 4.90 Å². The highest BCUT2D eigenvalue weighted by molar-refractivity contribution is 6.23. The number of benzene rings is 3. The van der Waals surface area contributed by atoms with E-state index in [0.717, 1.165) is 5.56 Å². The molecule has 3 aromatic rings. The highest BCUT2D eigenvalue weighted by atomic mass is 19.1. The number of imide groups is 1. The number of carbonyl (C=O) groups excluding carboxylic acids is 3. The van der Waals surface area contributed by atoms with Gasteiger partial charge >= 0.3 is 0 Å². The van der Waals surface area contributed by atoms with Crippen LogP contribution in [0.15, 0.2) is 84.9 Å². The number of nitrogens with one attached hydrogen (secondary N) is 1. The summed E-state index contributed by atoms with van der Waals surface area (Å²) in [5.41, 5.74) is 0.814. The fourth-order valence-corrected chi connectivity index (χ4v) is 3.61. The Morgan fingerprint density at radius 1 is 0.833 bits per heavy atom. The molecule has 1 aliphatic rings. The minimum atomic E-state index is -3.00. The van der Waals surface area contributed by atoms with Crippen LogP contribution in [-0.4, -0.2) is 22.6 Å². The molecule has 0 saturated heterocycles. The van der Waals surface area contributed by atoms with Gasteiger partial charge in [-0.25, -0.2) is 9.29 Å². The molecule has 0 aromatic heterocycles. The van der Waals surface area contributed by atoms with Crippen molar-refractivity contribution >= 4 is 17.7 Å². The number of carbonyl (C=O) groups is 3. The van der Waals surface area contributed by atoms with Crippen molar-refractivity contribution in [1.29, 1.82) is 0 Å². The van der Waals surface area contributed by atoms with Crippen LogP contribution in [0.1, 0.15) is 44.8 Å². The van der Waals surface area contributed by atoms with Gasteiger partial charge in [0, 0.05) is 5.56 Å². The second kappa shape index (κ2) is 7.55. The smallest absolute Gasteiger partial charge is 0.296 e. The summed E-state index contributed by atoms with van der Waals surface area (Å²) in [7, 11) is 0. The highest BCUT2D eigenvalue weighted by Crippen LogP contribution is 2.38. The van der Waals surface area contributed by atoms with Gasteiger partial charge in [-0.2, -0.15) is 0 Å². The molecule has 0 saturated carbocycles. The Morgan fingerprint density at radius 2 is 1.30 bits per heavy atom. The minimum absolute atomic E-state index is 0.0735. The summed E-state index contributed by atoms with van der Waals surface area (Å²) in [5, 5.41) is 2.62. The summed E-state index contributed by atoms with van der Waals surface area (Å²) in [6, 6.07) is 22.1. The molecule has 4 rings (SSSR count). The van der Waals surface area contributed by atoms with Crippen LogP contribution >= 0.6 is 0 Å². The molecule has 0 spiro atoms. The molecule has 30 heavy (non-hydrogen) atoms. The lowest BCUT2D eigenvalue weighted by Crippen LogP contribution is -2.56. The molecule has 2 atom stereocenters. The Morgan fingerprint density at radius 3 is 1.83 bits per heavy atom. The minimum Gasteiger partial charge on any atom is -0.345 e. The molecule has 3 amide bonds. The van der Waals surface area contributed by atoms with E-state index in [1.54, 1.807) is 49.4 Å². The molecular weight excluding hydrogens is 383 g/mol. The maximum Gasteiger partial charge on any atom is 0.296 e. The maximum absolute atomic E-state index is 16.6. The number of amides is 3. The van der Waals surface area contributed by atoms with E-state index < -0.39 is 29.6 Å². The highest BCUT2D eigenvalue weighted by Gasteiger charge is 2.56. The van der Waals surface area contributed by atoms with Crippen molar-refractivity contribution in [1.82, 2.24) is 10.2 Å². The molecule has 1 heterocycles. The van der Waals surface area contributed by atoms with Crippen LogP contribution in [-0.2, 0) is 10.6 Å². The largest absolute Gasteiger partial charge is 0.345 e. The normalized spacial score (nSPS) is 16.0. The Kier molecular flexibility index (Phi) is 4.91. The Bertz CT molecular complexity index is 1080. The third kappa shape index (κ3) is 3.06. The monoisotopic (exact) mass is 402 g/mol. The summed E-state index contributed by atoms with van der Waals surface area (Å²) < 4.78 is 16.6. The van der Waals surface area contributed by atoms with Gasteiger partial charge in [0.05, 0.1) is 17.2 Å². The number of fused-ring (bicyclic) bond motifs is 1. The van der Waals surface area contributed by atoms with Gasteiger partial charge in [0.2, 0.25) is 0 Å². The first-order chi connectivity index (χ1) is 14.4. The van der Waals surface area contributed by atoms with Gasteiger partial charge in [0.1, 0.15) is 0 Å². The Labute approximate surface area is 173 Å². The van der Waals surface area contributed by atoms with Crippen molar-refractivity contribution in [3.63, 3.8) is 0 Å². The van der Waals surface area contributed by atoms with Crippen LogP contribution in [0, 0.1) is 0 Å². The van der Waals surface area contributed by atoms with Crippen LogP contribution in [0.5, 0.6) is 0 Å². The molecule has 0 bridgehead atoms. The van der Waals surface area contributed by atoms with E-state index in [1.165, 1.54) is 24.3 Å². The number of rotatable bonds is 5. The van der Waals surface area contributed by atoms with Crippen molar-refractivity contribution in [2.24, 2.45) is 0 Å². The van der Waals surface area contributed by atoms with Crippen LogP contribution in [0.25, 0.3) is 0 Å². The molecule has 0 radical (unpaired) electrons. The van der Waals surface area contributed by atoms with Gasteiger partial charge < -0.3 is 5.32 Å². The molecule has 1 N–H and O–H groups in total. The molecule has 6 heteroatoms. The summed E-state index contributed by atoms with van der Waals surface area (Å²) in [6.45, 7) is 1.71. The number of hydrogen-bond acceptors (Lipinski definition) is 3. The standard InChI is InChI=1S/C24H19FN2O3/c1-16(17-10-4-2-5-11-17)26-23(30)24(25,18-12-6-3-7-13-18)27-21(28)19-14-8-9-15-20(19)22(27)29/h2-16H,1H3,(H,26,30). The zero-order valence-electron chi connectivity index (χ0n) is 16.2. The van der Waals surface area contributed by atoms with Crippen LogP contribution in [0.4, 0.5) is 4.39 Å². The van der Waals surface area contributed by atoms with Gasteiger partial charge in [-0.15, -0.1) is 0 Å². The molecule has 150 valence electrons.